The molecule has 0 bridgehead atoms. The number of piperidine rings is 1. The molecule has 6 nitrogen and oxygen atoms in total. The number of benzene rings is 1. The van der Waals surface area contributed by atoms with Crippen LogP contribution >= 0.6 is 45.9 Å². The summed E-state index contributed by atoms with van der Waals surface area (Å²) in [5.74, 6) is -0.385. The van der Waals surface area contributed by atoms with Crippen molar-refractivity contribution < 1.29 is 13.2 Å². The molecule has 0 aliphatic carbocycles. The average molecular weight is 490 g/mol. The Labute approximate surface area is 186 Å². The number of sulfonamides is 1. The summed E-state index contributed by atoms with van der Waals surface area (Å²) in [7, 11) is -3.80. The molecule has 1 fully saturated rings. The second kappa shape index (κ2) is 8.13. The fourth-order valence-electron chi connectivity index (χ4n) is 3.35. The van der Waals surface area contributed by atoms with Crippen molar-refractivity contribution in [3.8, 4) is 0 Å². The third-order valence-electron chi connectivity index (χ3n) is 4.80. The molecule has 0 radical (unpaired) electrons. The highest BCUT2D eigenvalue weighted by Gasteiger charge is 2.38. The molecule has 3 heterocycles. The van der Waals surface area contributed by atoms with Gasteiger partial charge in [-0.25, -0.2) is 13.4 Å². The van der Waals surface area contributed by atoms with Crippen LogP contribution in [0.3, 0.4) is 0 Å². The van der Waals surface area contributed by atoms with Crippen LogP contribution in [0.15, 0.2) is 28.5 Å². The highest BCUT2D eigenvalue weighted by molar-refractivity contribution is 7.91. The van der Waals surface area contributed by atoms with Gasteiger partial charge in [-0.1, -0.05) is 47.0 Å². The summed E-state index contributed by atoms with van der Waals surface area (Å²) in [5, 5.41) is 3.77. The maximum absolute atomic E-state index is 13.1. The molecule has 0 spiro atoms. The van der Waals surface area contributed by atoms with Gasteiger partial charge in [0.05, 0.1) is 19.6 Å². The summed E-state index contributed by atoms with van der Waals surface area (Å²) >= 11 is 14.4. The SMILES string of the molecule is Cc1ccc(Cl)c2sc(NC(=O)C3CCCCN3S(=O)(=O)c3ccc(Cl)s3)nc12. The van der Waals surface area contributed by atoms with Gasteiger partial charge in [0.1, 0.15) is 10.3 Å². The maximum Gasteiger partial charge on any atom is 0.253 e. The Kier molecular flexibility index (Phi) is 5.89. The van der Waals surface area contributed by atoms with Gasteiger partial charge in [-0.05, 0) is 43.5 Å². The molecule has 0 saturated carbocycles. The number of rotatable bonds is 4. The molecular weight excluding hydrogens is 473 g/mol. The third-order valence-corrected chi connectivity index (χ3v) is 9.83. The van der Waals surface area contributed by atoms with Crippen LogP contribution in [0.4, 0.5) is 5.13 Å². The molecule has 3 aromatic rings. The van der Waals surface area contributed by atoms with Crippen LogP contribution in [0.25, 0.3) is 10.2 Å². The molecule has 1 aromatic carbocycles. The fourth-order valence-corrected chi connectivity index (χ4v) is 7.84. The van der Waals surface area contributed by atoms with Crippen molar-refractivity contribution in [3.63, 3.8) is 0 Å². The summed E-state index contributed by atoms with van der Waals surface area (Å²) < 4.78 is 28.7. The minimum atomic E-state index is -3.80. The number of amides is 1. The van der Waals surface area contributed by atoms with Gasteiger partial charge >= 0.3 is 0 Å². The smallest absolute Gasteiger partial charge is 0.253 e. The summed E-state index contributed by atoms with van der Waals surface area (Å²) in [6.07, 6.45) is 1.94. The predicted molar refractivity (Wildman–Crippen MR) is 119 cm³/mol. The number of nitrogens with one attached hydrogen (secondary N) is 1. The first kappa shape index (κ1) is 21.0. The van der Waals surface area contributed by atoms with Gasteiger partial charge in [0.15, 0.2) is 5.13 Å². The molecule has 1 unspecified atom stereocenters. The minimum absolute atomic E-state index is 0.143. The first-order chi connectivity index (χ1) is 13.8. The van der Waals surface area contributed by atoms with Crippen molar-refractivity contribution in [2.75, 3.05) is 11.9 Å². The van der Waals surface area contributed by atoms with Crippen molar-refractivity contribution >= 4 is 77.2 Å². The Hall–Kier alpha value is -1.23. The molecule has 2 aromatic heterocycles. The number of thiazole rings is 1. The normalized spacial score (nSPS) is 18.2. The number of carbonyl (C=O) groups excluding carboxylic acids is 1. The molecule has 1 aliphatic rings. The average Bonchev–Trinajstić information content (AvgIpc) is 3.32. The largest absolute Gasteiger partial charge is 0.301 e. The van der Waals surface area contributed by atoms with E-state index in [9.17, 15) is 13.2 Å². The first-order valence-corrected chi connectivity index (χ1v) is 12.7. The minimum Gasteiger partial charge on any atom is -0.301 e. The van der Waals surface area contributed by atoms with E-state index in [2.05, 4.69) is 10.3 Å². The van der Waals surface area contributed by atoms with Gasteiger partial charge in [-0.3, -0.25) is 4.79 Å². The Bertz CT molecular complexity index is 1150. The van der Waals surface area contributed by atoms with Gasteiger partial charge < -0.3 is 5.32 Å². The van der Waals surface area contributed by atoms with Gasteiger partial charge in [-0.15, -0.1) is 11.3 Å². The second-order valence-electron chi connectivity index (χ2n) is 6.74. The lowest BCUT2D eigenvalue weighted by molar-refractivity contribution is -0.120. The standard InChI is InChI=1S/C18H17Cl2N3O3S3/c1-10-5-6-11(19)16-15(10)21-18(28-16)22-17(24)12-4-2-3-9-23(12)29(25,26)14-8-7-13(20)27-14/h5-8,12H,2-4,9H2,1H3,(H,21,22,24). The molecule has 1 aliphatic heterocycles. The number of aromatic nitrogens is 1. The zero-order valence-electron chi connectivity index (χ0n) is 15.3. The molecule has 29 heavy (non-hydrogen) atoms. The quantitative estimate of drug-likeness (QED) is 0.548. The highest BCUT2D eigenvalue weighted by Crippen LogP contribution is 2.35. The van der Waals surface area contributed by atoms with E-state index in [1.807, 2.05) is 13.0 Å². The van der Waals surface area contributed by atoms with Crippen LogP contribution in [0, 0.1) is 6.92 Å². The monoisotopic (exact) mass is 489 g/mol. The molecule has 4 rings (SSSR count). The number of carbonyl (C=O) groups is 1. The Morgan fingerprint density at radius 3 is 2.69 bits per heavy atom. The van der Waals surface area contributed by atoms with Crippen LogP contribution in [-0.4, -0.2) is 36.2 Å². The van der Waals surface area contributed by atoms with Gasteiger partial charge in [0.25, 0.3) is 10.0 Å². The molecule has 1 atom stereocenters. The molecule has 1 saturated heterocycles. The third kappa shape index (κ3) is 4.04. The summed E-state index contributed by atoms with van der Waals surface area (Å²) in [6.45, 7) is 2.21. The molecule has 154 valence electrons. The van der Waals surface area contributed by atoms with Crippen LogP contribution in [0.2, 0.25) is 9.36 Å². The van der Waals surface area contributed by atoms with Crippen molar-refractivity contribution in [1.29, 1.82) is 0 Å². The van der Waals surface area contributed by atoms with E-state index >= 15 is 0 Å². The second-order valence-corrected chi connectivity index (χ2v) is 12.0. The van der Waals surface area contributed by atoms with E-state index in [4.69, 9.17) is 23.2 Å². The predicted octanol–water partition coefficient (Wildman–Crippen LogP) is 5.15. The van der Waals surface area contributed by atoms with Crippen LogP contribution < -0.4 is 5.32 Å². The molecule has 1 N–H and O–H groups in total. The van der Waals surface area contributed by atoms with Crippen molar-refractivity contribution in [3.05, 3.63) is 39.2 Å². The molecule has 11 heteroatoms. The maximum atomic E-state index is 13.1. The van der Waals surface area contributed by atoms with E-state index in [1.165, 1.54) is 21.7 Å². The Morgan fingerprint density at radius 1 is 1.21 bits per heavy atom. The van der Waals surface area contributed by atoms with Gasteiger partial charge in [-0.2, -0.15) is 4.31 Å². The number of anilines is 1. The fraction of sp³-hybridized carbons (Fsp3) is 0.333. The first-order valence-electron chi connectivity index (χ1n) is 8.91. The number of hydrogen-bond donors (Lipinski definition) is 1. The van der Waals surface area contributed by atoms with Crippen LogP contribution in [-0.2, 0) is 14.8 Å². The molecule has 1 amide bonds. The lowest BCUT2D eigenvalue weighted by atomic mass is 10.0. The van der Waals surface area contributed by atoms with Crippen LogP contribution in [0.5, 0.6) is 0 Å². The topological polar surface area (TPSA) is 79.4 Å². The lowest BCUT2D eigenvalue weighted by Crippen LogP contribution is -2.49. The highest BCUT2D eigenvalue weighted by atomic mass is 35.5. The number of thiophene rings is 1. The summed E-state index contributed by atoms with van der Waals surface area (Å²) in [4.78, 5) is 17.5. The number of halogens is 2. The van der Waals surface area contributed by atoms with E-state index in [0.29, 0.717) is 33.9 Å². The van der Waals surface area contributed by atoms with Crippen molar-refractivity contribution in [1.82, 2.24) is 9.29 Å². The molecular formula is C18H17Cl2N3O3S3. The van der Waals surface area contributed by atoms with E-state index in [-0.39, 0.29) is 10.1 Å². The lowest BCUT2D eigenvalue weighted by Gasteiger charge is -2.32. The van der Waals surface area contributed by atoms with E-state index in [1.54, 1.807) is 12.1 Å². The number of nitrogens with zero attached hydrogens (tertiary/aromatic N) is 2. The summed E-state index contributed by atoms with van der Waals surface area (Å²) in [5.41, 5.74) is 1.69. The zero-order valence-corrected chi connectivity index (χ0v) is 19.3. The van der Waals surface area contributed by atoms with E-state index < -0.39 is 16.1 Å². The van der Waals surface area contributed by atoms with Gasteiger partial charge in [0.2, 0.25) is 5.91 Å². The summed E-state index contributed by atoms with van der Waals surface area (Å²) in [6, 6.07) is 5.90. The van der Waals surface area contributed by atoms with Gasteiger partial charge in [0, 0.05) is 6.54 Å². The number of fused-ring (bicyclic) bond motifs is 1. The van der Waals surface area contributed by atoms with Crippen molar-refractivity contribution in [2.24, 2.45) is 0 Å². The Morgan fingerprint density at radius 2 is 2.00 bits per heavy atom. The number of aryl methyl sites for hydroxylation is 1. The Balaban J connectivity index is 1.61. The van der Waals surface area contributed by atoms with Crippen LogP contribution in [0.1, 0.15) is 24.8 Å². The zero-order chi connectivity index (χ0) is 20.8. The number of hydrogen-bond acceptors (Lipinski definition) is 6. The van der Waals surface area contributed by atoms with E-state index in [0.717, 1.165) is 33.5 Å². The van der Waals surface area contributed by atoms with Crippen molar-refractivity contribution in [2.45, 2.75) is 36.4 Å².